The summed E-state index contributed by atoms with van der Waals surface area (Å²) in [5, 5.41) is 12.1. The van der Waals surface area contributed by atoms with Crippen molar-refractivity contribution in [2.45, 2.75) is 6.42 Å². The van der Waals surface area contributed by atoms with Crippen molar-refractivity contribution in [2.75, 3.05) is 37.0 Å². The molecule has 1 saturated heterocycles. The van der Waals surface area contributed by atoms with Crippen molar-refractivity contribution in [1.82, 2.24) is 15.0 Å². The van der Waals surface area contributed by atoms with E-state index in [-0.39, 0.29) is 0 Å². The first-order chi connectivity index (χ1) is 11.3. The number of pyridine rings is 1. The van der Waals surface area contributed by atoms with E-state index in [2.05, 4.69) is 31.2 Å². The summed E-state index contributed by atoms with van der Waals surface area (Å²) >= 11 is 0. The number of hydrogen-bond donors (Lipinski definition) is 1. The van der Waals surface area contributed by atoms with Crippen LogP contribution in [-0.2, 0) is 0 Å². The second-order valence-electron chi connectivity index (χ2n) is 5.42. The van der Waals surface area contributed by atoms with Gasteiger partial charge in [0, 0.05) is 38.1 Å². The molecule has 1 aliphatic heterocycles. The van der Waals surface area contributed by atoms with Crippen molar-refractivity contribution in [3.8, 4) is 11.9 Å². The second-order valence-corrected chi connectivity index (χ2v) is 5.42. The van der Waals surface area contributed by atoms with Crippen LogP contribution in [-0.4, -0.2) is 41.7 Å². The van der Waals surface area contributed by atoms with E-state index in [1.165, 1.54) is 0 Å². The van der Waals surface area contributed by atoms with Crippen molar-refractivity contribution < 1.29 is 4.74 Å². The Morgan fingerprint density at radius 3 is 3.04 bits per heavy atom. The number of rotatable bonds is 5. The van der Waals surface area contributed by atoms with Gasteiger partial charge in [0.15, 0.2) is 0 Å². The highest BCUT2D eigenvalue weighted by Crippen LogP contribution is 2.22. The van der Waals surface area contributed by atoms with E-state index < -0.39 is 0 Å². The molecule has 3 rings (SSSR count). The van der Waals surface area contributed by atoms with Gasteiger partial charge in [0.1, 0.15) is 11.9 Å². The average Bonchev–Trinajstić information content (AvgIpc) is 3.09. The SMILES string of the molecule is COc1ccnc(N2CCC(CNc3ccc(C#N)cn3)C2)n1. The molecule has 1 N–H and O–H groups in total. The molecule has 0 aliphatic carbocycles. The van der Waals surface area contributed by atoms with Crippen LogP contribution in [0, 0.1) is 17.2 Å². The Morgan fingerprint density at radius 1 is 1.39 bits per heavy atom. The number of nitrogens with zero attached hydrogens (tertiary/aromatic N) is 5. The molecule has 0 amide bonds. The van der Waals surface area contributed by atoms with Gasteiger partial charge in [-0.05, 0) is 24.5 Å². The number of hydrogen-bond acceptors (Lipinski definition) is 7. The Balaban J connectivity index is 1.54. The van der Waals surface area contributed by atoms with Crippen LogP contribution in [0.3, 0.4) is 0 Å². The van der Waals surface area contributed by atoms with Crippen molar-refractivity contribution in [1.29, 1.82) is 5.26 Å². The standard InChI is InChI=1S/C16H18N6O/c1-23-15-4-6-18-16(21-15)22-7-5-13(11-22)10-20-14-3-2-12(8-17)9-19-14/h2-4,6,9,13H,5,7,10-11H2,1H3,(H,19,20). The highest BCUT2D eigenvalue weighted by Gasteiger charge is 2.24. The lowest BCUT2D eigenvalue weighted by atomic mass is 10.1. The van der Waals surface area contributed by atoms with Gasteiger partial charge in [-0.25, -0.2) is 9.97 Å². The lowest BCUT2D eigenvalue weighted by molar-refractivity contribution is 0.397. The van der Waals surface area contributed by atoms with Crippen LogP contribution < -0.4 is 15.0 Å². The molecule has 23 heavy (non-hydrogen) atoms. The van der Waals surface area contributed by atoms with E-state index in [4.69, 9.17) is 10.00 Å². The Hall–Kier alpha value is -2.88. The number of methoxy groups -OCH3 is 1. The Bertz CT molecular complexity index is 696. The summed E-state index contributed by atoms with van der Waals surface area (Å²) in [5.41, 5.74) is 0.567. The monoisotopic (exact) mass is 310 g/mol. The van der Waals surface area contributed by atoms with E-state index in [1.54, 1.807) is 31.6 Å². The lowest BCUT2D eigenvalue weighted by Crippen LogP contribution is -2.24. The fourth-order valence-electron chi connectivity index (χ4n) is 2.59. The van der Waals surface area contributed by atoms with Crippen molar-refractivity contribution >= 4 is 11.8 Å². The minimum absolute atomic E-state index is 0.502. The summed E-state index contributed by atoms with van der Waals surface area (Å²) in [5.74, 6) is 2.59. The largest absolute Gasteiger partial charge is 0.481 e. The molecule has 2 aromatic rings. The molecular formula is C16H18N6O. The van der Waals surface area contributed by atoms with E-state index >= 15 is 0 Å². The normalized spacial score (nSPS) is 16.9. The number of anilines is 2. The summed E-state index contributed by atoms with van der Waals surface area (Å²) < 4.78 is 5.14. The van der Waals surface area contributed by atoms with Gasteiger partial charge in [-0.2, -0.15) is 10.2 Å². The molecule has 1 fully saturated rings. The van der Waals surface area contributed by atoms with Crippen LogP contribution in [0.2, 0.25) is 0 Å². The summed E-state index contributed by atoms with van der Waals surface area (Å²) in [7, 11) is 1.60. The molecule has 1 aliphatic rings. The molecular weight excluding hydrogens is 292 g/mol. The van der Waals surface area contributed by atoms with Gasteiger partial charge in [-0.15, -0.1) is 0 Å². The van der Waals surface area contributed by atoms with Crippen LogP contribution in [0.4, 0.5) is 11.8 Å². The average molecular weight is 310 g/mol. The molecule has 0 aromatic carbocycles. The zero-order valence-electron chi connectivity index (χ0n) is 12.9. The molecule has 7 heteroatoms. The third kappa shape index (κ3) is 3.66. The maximum absolute atomic E-state index is 8.77. The van der Waals surface area contributed by atoms with E-state index in [0.717, 1.165) is 31.9 Å². The minimum Gasteiger partial charge on any atom is -0.481 e. The first kappa shape index (κ1) is 15.0. The Morgan fingerprint density at radius 2 is 2.30 bits per heavy atom. The maximum atomic E-state index is 8.77. The molecule has 3 heterocycles. The topological polar surface area (TPSA) is 87.0 Å². The molecule has 0 saturated carbocycles. The van der Waals surface area contributed by atoms with Crippen LogP contribution in [0.25, 0.3) is 0 Å². The number of nitrogens with one attached hydrogen (secondary N) is 1. The number of ether oxygens (including phenoxy) is 1. The third-order valence-electron chi connectivity index (χ3n) is 3.86. The number of aromatic nitrogens is 3. The van der Waals surface area contributed by atoms with Crippen LogP contribution >= 0.6 is 0 Å². The van der Waals surface area contributed by atoms with Crippen molar-refractivity contribution in [3.05, 3.63) is 36.2 Å². The quantitative estimate of drug-likeness (QED) is 0.899. The van der Waals surface area contributed by atoms with Crippen molar-refractivity contribution in [3.63, 3.8) is 0 Å². The van der Waals surface area contributed by atoms with Crippen LogP contribution in [0.5, 0.6) is 5.88 Å². The van der Waals surface area contributed by atoms with Crippen LogP contribution in [0.15, 0.2) is 30.6 Å². The van der Waals surface area contributed by atoms with Crippen LogP contribution in [0.1, 0.15) is 12.0 Å². The van der Waals surface area contributed by atoms with Gasteiger partial charge in [-0.3, -0.25) is 0 Å². The fourth-order valence-corrected chi connectivity index (χ4v) is 2.59. The molecule has 1 unspecified atom stereocenters. The van der Waals surface area contributed by atoms with E-state index in [1.807, 2.05) is 6.07 Å². The maximum Gasteiger partial charge on any atom is 0.228 e. The lowest BCUT2D eigenvalue weighted by Gasteiger charge is -2.17. The summed E-state index contributed by atoms with van der Waals surface area (Å²) in [6.07, 6.45) is 4.37. The highest BCUT2D eigenvalue weighted by molar-refractivity contribution is 5.39. The molecule has 0 radical (unpaired) electrons. The fraction of sp³-hybridized carbons (Fsp3) is 0.375. The third-order valence-corrected chi connectivity index (χ3v) is 3.86. The predicted molar refractivity (Wildman–Crippen MR) is 86.3 cm³/mol. The second kappa shape index (κ2) is 6.92. The molecule has 7 nitrogen and oxygen atoms in total. The Kier molecular flexibility index (Phi) is 4.52. The molecule has 2 aromatic heterocycles. The first-order valence-corrected chi connectivity index (χ1v) is 7.50. The molecule has 0 bridgehead atoms. The molecule has 0 spiro atoms. The molecule has 1 atom stereocenters. The van der Waals surface area contributed by atoms with Gasteiger partial charge >= 0.3 is 0 Å². The van der Waals surface area contributed by atoms with Gasteiger partial charge in [0.25, 0.3) is 0 Å². The zero-order chi connectivity index (χ0) is 16.1. The smallest absolute Gasteiger partial charge is 0.228 e. The van der Waals surface area contributed by atoms with Gasteiger partial charge < -0.3 is 15.0 Å². The summed E-state index contributed by atoms with van der Waals surface area (Å²) in [6, 6.07) is 7.40. The summed E-state index contributed by atoms with van der Waals surface area (Å²) in [4.78, 5) is 15.1. The minimum atomic E-state index is 0.502. The molecule has 118 valence electrons. The van der Waals surface area contributed by atoms with Gasteiger partial charge in [0.2, 0.25) is 11.8 Å². The summed E-state index contributed by atoms with van der Waals surface area (Å²) in [6.45, 7) is 2.66. The first-order valence-electron chi connectivity index (χ1n) is 7.50. The number of nitriles is 1. The zero-order valence-corrected chi connectivity index (χ0v) is 12.9. The predicted octanol–water partition coefficient (Wildman–Crippen LogP) is 1.69. The van der Waals surface area contributed by atoms with Crippen molar-refractivity contribution in [2.24, 2.45) is 5.92 Å². The van der Waals surface area contributed by atoms with Gasteiger partial charge in [0.05, 0.1) is 12.7 Å². The van der Waals surface area contributed by atoms with E-state index in [0.29, 0.717) is 23.3 Å². The van der Waals surface area contributed by atoms with E-state index in [9.17, 15) is 0 Å². The highest BCUT2D eigenvalue weighted by atomic mass is 16.5. The Labute approximate surface area is 135 Å². The van der Waals surface area contributed by atoms with Gasteiger partial charge in [-0.1, -0.05) is 0 Å².